The molecule has 0 saturated carbocycles. The quantitative estimate of drug-likeness (QED) is 0.109. The number of nitrogens with two attached hydrogens (primary N) is 1. The number of β-lactam (4-membered cyclic amide) rings is 1. The molecule has 1 aromatic heterocycles. The number of nitrogens with one attached hydrogen (secondary N) is 1. The predicted octanol–water partition coefficient (Wildman–Crippen LogP) is -1.87. The van der Waals surface area contributed by atoms with Gasteiger partial charge >= 0.3 is 16.4 Å². The zero-order valence-corrected chi connectivity index (χ0v) is 20.9. The van der Waals surface area contributed by atoms with Gasteiger partial charge in [0.25, 0.3) is 11.8 Å². The van der Waals surface area contributed by atoms with Crippen LogP contribution in [0.25, 0.3) is 0 Å². The van der Waals surface area contributed by atoms with E-state index in [-0.39, 0.29) is 21.7 Å². The monoisotopic (exact) mass is 548 g/mol. The van der Waals surface area contributed by atoms with Crippen LogP contribution in [0.15, 0.2) is 10.5 Å². The molecule has 16 nitrogen and oxygen atoms in total. The number of hydrogen-bond donors (Lipinski definition) is 4. The van der Waals surface area contributed by atoms with Gasteiger partial charge in [0.2, 0.25) is 0 Å². The maximum atomic E-state index is 13.1. The van der Waals surface area contributed by atoms with Gasteiger partial charge in [-0.25, -0.2) is 14.1 Å². The first-order chi connectivity index (χ1) is 16.7. The van der Waals surface area contributed by atoms with Gasteiger partial charge < -0.3 is 30.6 Å². The third kappa shape index (κ3) is 5.55. The van der Waals surface area contributed by atoms with Crippen molar-refractivity contribution in [2.24, 2.45) is 5.16 Å². The minimum atomic E-state index is -5.03. The third-order valence-electron chi connectivity index (χ3n) is 5.46. The number of anilines is 1. The minimum Gasteiger partial charge on any atom is -0.442 e. The van der Waals surface area contributed by atoms with E-state index in [1.54, 1.807) is 0 Å². The van der Waals surface area contributed by atoms with Crippen molar-refractivity contribution in [1.29, 1.82) is 0 Å². The van der Waals surface area contributed by atoms with E-state index in [1.807, 2.05) is 0 Å². The molecule has 36 heavy (non-hydrogen) atoms. The second kappa shape index (κ2) is 9.96. The van der Waals surface area contributed by atoms with Crippen molar-refractivity contribution in [3.63, 3.8) is 0 Å². The third-order valence-corrected chi connectivity index (χ3v) is 7.08. The van der Waals surface area contributed by atoms with Gasteiger partial charge in [0.15, 0.2) is 22.2 Å². The number of nitrogens with zero attached hydrogens (tertiary/aromatic N) is 4. The van der Waals surface area contributed by atoms with E-state index in [0.717, 1.165) is 16.2 Å². The molecule has 3 atom stereocenters. The molecule has 0 radical (unpaired) electrons. The van der Waals surface area contributed by atoms with Crippen LogP contribution in [0.1, 0.15) is 26.5 Å². The van der Waals surface area contributed by atoms with Crippen LogP contribution in [0.3, 0.4) is 0 Å². The van der Waals surface area contributed by atoms with Crippen LogP contribution in [0, 0.1) is 0 Å². The molecule has 198 valence electrons. The molecular formula is C18H24N6O10S2. The summed E-state index contributed by atoms with van der Waals surface area (Å²) in [7, 11) is -5.03. The van der Waals surface area contributed by atoms with E-state index in [9.17, 15) is 37.3 Å². The van der Waals surface area contributed by atoms with Gasteiger partial charge in [-0.05, 0) is 20.8 Å². The molecule has 2 saturated heterocycles. The fraction of sp³-hybridized carbons (Fsp3) is 0.556. The number of oxime groups is 1. The number of ketones is 1. The minimum absolute atomic E-state index is 0.0433. The number of amides is 3. The Labute approximate surface area is 208 Å². The van der Waals surface area contributed by atoms with Crippen LogP contribution < -0.4 is 11.1 Å². The van der Waals surface area contributed by atoms with Gasteiger partial charge in [-0.3, -0.25) is 18.9 Å². The van der Waals surface area contributed by atoms with E-state index < -0.39 is 76.6 Å². The van der Waals surface area contributed by atoms with Crippen LogP contribution in [-0.2, 0) is 34.3 Å². The van der Waals surface area contributed by atoms with Gasteiger partial charge in [0.1, 0.15) is 17.8 Å². The number of aliphatic hydroxyl groups excluding tert-OH is 1. The average molecular weight is 549 g/mol. The van der Waals surface area contributed by atoms with Crippen molar-refractivity contribution in [2.45, 2.75) is 44.6 Å². The van der Waals surface area contributed by atoms with E-state index in [4.69, 9.17) is 15.3 Å². The Morgan fingerprint density at radius 1 is 1.42 bits per heavy atom. The average Bonchev–Trinajstić information content (AvgIpc) is 3.35. The first-order valence-electron chi connectivity index (χ1n) is 10.3. The second-order valence-corrected chi connectivity index (χ2v) is 10.6. The molecule has 3 amide bonds. The molecular weight excluding hydrogens is 524 g/mol. The number of Topliss-reactive ketones (excluding diaryl/α,β-unsaturated/α-hetero) is 1. The highest BCUT2D eigenvalue weighted by Gasteiger charge is 2.55. The van der Waals surface area contributed by atoms with E-state index in [2.05, 4.69) is 15.5 Å². The lowest BCUT2D eigenvalue weighted by molar-refractivity contribution is -0.145. The number of nitrogen functional groups attached to an aromatic ring is 1. The highest BCUT2D eigenvalue weighted by molar-refractivity contribution is 7.84. The Balaban J connectivity index is 1.86. The number of cyclic esters (lactones) is 1. The normalized spacial score (nSPS) is 22.8. The Morgan fingerprint density at radius 3 is 2.58 bits per heavy atom. The number of hydrogen-bond acceptors (Lipinski definition) is 13. The molecule has 3 rings (SSSR count). The number of thiazole rings is 1. The summed E-state index contributed by atoms with van der Waals surface area (Å²) in [6.07, 6.45) is -1.75. The lowest BCUT2D eigenvalue weighted by Crippen LogP contribution is -2.74. The lowest BCUT2D eigenvalue weighted by atomic mass is 9.97. The molecule has 0 spiro atoms. The zero-order valence-electron chi connectivity index (χ0n) is 19.3. The van der Waals surface area contributed by atoms with Crippen molar-refractivity contribution in [3.05, 3.63) is 11.1 Å². The van der Waals surface area contributed by atoms with Crippen molar-refractivity contribution in [3.8, 4) is 0 Å². The molecule has 3 unspecified atom stereocenters. The summed E-state index contributed by atoms with van der Waals surface area (Å²) in [6, 6.07) is -2.92. The highest BCUT2D eigenvalue weighted by atomic mass is 32.2. The van der Waals surface area contributed by atoms with Crippen LogP contribution >= 0.6 is 11.3 Å². The summed E-state index contributed by atoms with van der Waals surface area (Å²) in [5.74, 6) is -2.61. The number of ether oxygens (including phenoxy) is 1. The van der Waals surface area contributed by atoms with Crippen molar-refractivity contribution in [2.75, 3.05) is 25.4 Å². The van der Waals surface area contributed by atoms with Crippen LogP contribution in [0.2, 0.25) is 0 Å². The van der Waals surface area contributed by atoms with Gasteiger partial charge in [0.05, 0.1) is 19.2 Å². The maximum Gasteiger partial charge on any atom is 0.410 e. The molecule has 2 aliphatic rings. The molecule has 0 bridgehead atoms. The van der Waals surface area contributed by atoms with Gasteiger partial charge in [-0.15, -0.1) is 11.3 Å². The largest absolute Gasteiger partial charge is 0.442 e. The Hall–Kier alpha value is -3.35. The Kier molecular flexibility index (Phi) is 7.53. The zero-order chi connectivity index (χ0) is 27.0. The fourth-order valence-corrected chi connectivity index (χ4v) is 4.64. The number of carbonyl (C=O) groups is 4. The van der Waals surface area contributed by atoms with Crippen molar-refractivity contribution < 1.29 is 46.8 Å². The van der Waals surface area contributed by atoms with E-state index >= 15 is 0 Å². The van der Waals surface area contributed by atoms with Crippen LogP contribution in [-0.4, -0.2) is 105 Å². The highest BCUT2D eigenvalue weighted by Crippen LogP contribution is 2.26. The standard InChI is InChI=1S/C18H24N6O10S2/c1-8(26)18(2,3)34-22-12(10-7-35-16(19)20-10)14(27)21-13-11(24(15(13)28)36(30,31)32)5-23-4-9(6-25)33-17(23)29/h7,9,11,13,25H,4-6H2,1-3H3,(H2,19,20)(H,21,27)(H,30,31,32). The second-order valence-electron chi connectivity index (χ2n) is 8.39. The molecule has 18 heteroatoms. The molecule has 0 aromatic carbocycles. The van der Waals surface area contributed by atoms with E-state index in [1.165, 1.54) is 26.2 Å². The van der Waals surface area contributed by atoms with Crippen molar-refractivity contribution >= 4 is 56.2 Å². The summed E-state index contributed by atoms with van der Waals surface area (Å²) < 4.78 is 38.0. The molecule has 5 N–H and O–H groups in total. The van der Waals surface area contributed by atoms with Gasteiger partial charge in [-0.1, -0.05) is 5.16 Å². The molecule has 3 heterocycles. The predicted molar refractivity (Wildman–Crippen MR) is 122 cm³/mol. The Morgan fingerprint density at radius 2 is 2.08 bits per heavy atom. The summed E-state index contributed by atoms with van der Waals surface area (Å²) in [5.41, 5.74) is 3.71. The first kappa shape index (κ1) is 27.2. The molecule has 1 aromatic rings. The summed E-state index contributed by atoms with van der Waals surface area (Å²) in [5, 5.41) is 16.7. The first-order valence-corrected chi connectivity index (χ1v) is 12.6. The SMILES string of the molecule is CC(=O)C(C)(C)ON=C(C(=O)NC1C(=O)N(S(=O)(=O)O)C1CN1CC(CO)OC1=O)c1csc(N)n1. The van der Waals surface area contributed by atoms with Crippen LogP contribution in [0.5, 0.6) is 0 Å². The Bertz CT molecular complexity index is 1210. The summed E-state index contributed by atoms with van der Waals surface area (Å²) in [6.45, 7) is 3.03. The number of carbonyl (C=O) groups excluding carboxylic acids is 4. The smallest absolute Gasteiger partial charge is 0.410 e. The molecule has 0 aliphatic carbocycles. The number of aromatic nitrogens is 1. The van der Waals surface area contributed by atoms with Gasteiger partial charge in [0, 0.05) is 11.9 Å². The lowest BCUT2D eigenvalue weighted by Gasteiger charge is -2.45. The molecule has 2 fully saturated rings. The van der Waals surface area contributed by atoms with Crippen molar-refractivity contribution in [1.82, 2.24) is 19.5 Å². The van der Waals surface area contributed by atoms with Crippen LogP contribution in [0.4, 0.5) is 9.93 Å². The topological polar surface area (TPSA) is 231 Å². The number of rotatable bonds is 10. The van der Waals surface area contributed by atoms with Gasteiger partial charge in [-0.2, -0.15) is 8.42 Å². The molecule has 2 aliphatic heterocycles. The summed E-state index contributed by atoms with van der Waals surface area (Å²) in [4.78, 5) is 59.6. The fourth-order valence-electron chi connectivity index (χ4n) is 3.22. The van der Waals surface area contributed by atoms with E-state index in [0.29, 0.717) is 0 Å². The number of aliphatic hydroxyl groups is 1. The summed E-state index contributed by atoms with van der Waals surface area (Å²) >= 11 is 0.974. The maximum absolute atomic E-state index is 13.1.